The molecule has 0 atom stereocenters. The number of amides is 1. The predicted octanol–water partition coefficient (Wildman–Crippen LogP) is 4.03. The Kier molecular flexibility index (Phi) is 4.85. The van der Waals surface area contributed by atoms with Gasteiger partial charge in [-0.25, -0.2) is 4.98 Å². The SMILES string of the molecule is O=C(Nc1nnc(SCc2ccccc2)s1)c1cnc2ccccc2n1. The molecule has 2 aromatic carbocycles. The molecule has 0 radical (unpaired) electrons. The van der Waals surface area contributed by atoms with Crippen LogP contribution in [0.2, 0.25) is 0 Å². The number of nitrogens with zero attached hydrogens (tertiary/aromatic N) is 4. The fourth-order valence-electron chi connectivity index (χ4n) is 2.27. The number of rotatable bonds is 5. The van der Waals surface area contributed by atoms with Gasteiger partial charge in [0.25, 0.3) is 5.91 Å². The van der Waals surface area contributed by atoms with E-state index in [0.29, 0.717) is 10.6 Å². The van der Waals surface area contributed by atoms with Crippen LogP contribution < -0.4 is 5.32 Å². The highest BCUT2D eigenvalue weighted by molar-refractivity contribution is 8.00. The van der Waals surface area contributed by atoms with Crippen LogP contribution in [-0.4, -0.2) is 26.1 Å². The van der Waals surface area contributed by atoms with Gasteiger partial charge < -0.3 is 0 Å². The lowest BCUT2D eigenvalue weighted by Gasteiger charge is -2.01. The minimum Gasteiger partial charge on any atom is -0.295 e. The number of hydrogen-bond acceptors (Lipinski definition) is 7. The molecule has 4 rings (SSSR count). The lowest BCUT2D eigenvalue weighted by Crippen LogP contribution is -2.14. The lowest BCUT2D eigenvalue weighted by molar-refractivity contribution is 0.102. The Morgan fingerprint density at radius 1 is 1.00 bits per heavy atom. The van der Waals surface area contributed by atoms with Crippen LogP contribution >= 0.6 is 23.1 Å². The molecule has 0 saturated carbocycles. The molecular formula is C18H13N5OS2. The van der Waals surface area contributed by atoms with Crippen LogP contribution in [0.5, 0.6) is 0 Å². The number of benzene rings is 2. The first-order valence-electron chi connectivity index (χ1n) is 7.81. The van der Waals surface area contributed by atoms with Crippen molar-refractivity contribution in [1.82, 2.24) is 20.2 Å². The van der Waals surface area contributed by atoms with Crippen molar-refractivity contribution >= 4 is 45.2 Å². The van der Waals surface area contributed by atoms with Crippen LogP contribution in [0.25, 0.3) is 11.0 Å². The van der Waals surface area contributed by atoms with E-state index in [0.717, 1.165) is 15.6 Å². The first-order chi connectivity index (χ1) is 12.8. The average molecular weight is 379 g/mol. The van der Waals surface area contributed by atoms with Gasteiger partial charge in [0.2, 0.25) is 5.13 Å². The van der Waals surface area contributed by atoms with Crippen LogP contribution in [0.1, 0.15) is 16.1 Å². The first kappa shape index (κ1) is 16.6. The monoisotopic (exact) mass is 379 g/mol. The fraction of sp³-hybridized carbons (Fsp3) is 0.0556. The largest absolute Gasteiger partial charge is 0.295 e. The molecule has 2 aromatic heterocycles. The number of thioether (sulfide) groups is 1. The van der Waals surface area contributed by atoms with E-state index >= 15 is 0 Å². The summed E-state index contributed by atoms with van der Waals surface area (Å²) in [5.74, 6) is 0.457. The maximum absolute atomic E-state index is 12.4. The molecular weight excluding hydrogens is 366 g/mol. The second-order valence-corrected chi connectivity index (χ2v) is 7.55. The van der Waals surface area contributed by atoms with Gasteiger partial charge in [-0.05, 0) is 17.7 Å². The third kappa shape index (κ3) is 3.87. The second-order valence-electron chi connectivity index (χ2n) is 5.35. The van der Waals surface area contributed by atoms with E-state index in [1.807, 2.05) is 42.5 Å². The molecule has 0 fully saturated rings. The van der Waals surface area contributed by atoms with Crippen LogP contribution in [0.3, 0.4) is 0 Å². The topological polar surface area (TPSA) is 80.7 Å². The van der Waals surface area contributed by atoms with E-state index < -0.39 is 0 Å². The molecule has 128 valence electrons. The van der Waals surface area contributed by atoms with E-state index in [1.54, 1.807) is 11.8 Å². The lowest BCUT2D eigenvalue weighted by atomic mass is 10.2. The van der Waals surface area contributed by atoms with Crippen LogP contribution in [0.15, 0.2) is 65.1 Å². The molecule has 2 heterocycles. The molecule has 0 unspecified atom stereocenters. The van der Waals surface area contributed by atoms with Gasteiger partial charge in [0.05, 0.1) is 17.2 Å². The third-order valence-electron chi connectivity index (χ3n) is 3.51. The van der Waals surface area contributed by atoms with Crippen LogP contribution in [-0.2, 0) is 5.75 Å². The number of carbonyl (C=O) groups is 1. The highest BCUT2D eigenvalue weighted by Crippen LogP contribution is 2.28. The Morgan fingerprint density at radius 2 is 1.77 bits per heavy atom. The zero-order valence-electron chi connectivity index (χ0n) is 13.5. The number of fused-ring (bicyclic) bond motifs is 1. The van der Waals surface area contributed by atoms with Crippen molar-refractivity contribution in [1.29, 1.82) is 0 Å². The molecule has 0 aliphatic carbocycles. The molecule has 0 saturated heterocycles. The molecule has 1 amide bonds. The van der Waals surface area contributed by atoms with Crippen molar-refractivity contribution in [2.45, 2.75) is 10.1 Å². The number of hydrogen-bond donors (Lipinski definition) is 1. The summed E-state index contributed by atoms with van der Waals surface area (Å²) in [6.07, 6.45) is 1.46. The Balaban J connectivity index is 1.42. The van der Waals surface area contributed by atoms with Gasteiger partial charge in [-0.2, -0.15) is 0 Å². The van der Waals surface area contributed by atoms with Crippen molar-refractivity contribution in [3.05, 3.63) is 72.1 Å². The molecule has 6 nitrogen and oxygen atoms in total. The summed E-state index contributed by atoms with van der Waals surface area (Å²) in [6, 6.07) is 17.5. The quantitative estimate of drug-likeness (QED) is 0.417. The fourth-order valence-corrected chi connectivity index (χ4v) is 3.97. The zero-order chi connectivity index (χ0) is 17.8. The second kappa shape index (κ2) is 7.59. The van der Waals surface area contributed by atoms with Gasteiger partial charge in [0.15, 0.2) is 4.34 Å². The third-order valence-corrected chi connectivity index (χ3v) is 5.56. The molecule has 1 N–H and O–H groups in total. The van der Waals surface area contributed by atoms with Gasteiger partial charge in [-0.3, -0.25) is 15.1 Å². The first-order valence-corrected chi connectivity index (χ1v) is 9.61. The highest BCUT2D eigenvalue weighted by atomic mass is 32.2. The molecule has 0 aliphatic heterocycles. The number of nitrogens with one attached hydrogen (secondary N) is 1. The summed E-state index contributed by atoms with van der Waals surface area (Å²) >= 11 is 2.92. The van der Waals surface area contributed by atoms with Crippen LogP contribution in [0, 0.1) is 0 Å². The maximum atomic E-state index is 12.4. The molecule has 0 aliphatic rings. The van der Waals surface area contributed by atoms with Gasteiger partial charge in [0.1, 0.15) is 5.69 Å². The van der Waals surface area contributed by atoms with Gasteiger partial charge in [0, 0.05) is 5.75 Å². The summed E-state index contributed by atoms with van der Waals surface area (Å²) < 4.78 is 0.800. The highest BCUT2D eigenvalue weighted by Gasteiger charge is 2.13. The number of carbonyl (C=O) groups excluding carboxylic acids is 1. The summed E-state index contributed by atoms with van der Waals surface area (Å²) in [7, 11) is 0. The summed E-state index contributed by atoms with van der Waals surface area (Å²) in [6.45, 7) is 0. The Morgan fingerprint density at radius 3 is 2.62 bits per heavy atom. The minimum atomic E-state index is -0.348. The maximum Gasteiger partial charge on any atom is 0.277 e. The number of aromatic nitrogens is 4. The summed E-state index contributed by atoms with van der Waals surface area (Å²) in [4.78, 5) is 20.9. The Bertz CT molecular complexity index is 1050. The van der Waals surface area contributed by atoms with E-state index in [4.69, 9.17) is 0 Å². The summed E-state index contributed by atoms with van der Waals surface area (Å²) in [5, 5.41) is 11.3. The van der Waals surface area contributed by atoms with Gasteiger partial charge in [-0.1, -0.05) is 65.6 Å². The van der Waals surface area contributed by atoms with Crippen molar-refractivity contribution in [3.63, 3.8) is 0 Å². The minimum absolute atomic E-state index is 0.248. The number of anilines is 1. The molecule has 0 spiro atoms. The standard InChI is InChI=1S/C18H13N5OS2/c24-16(15-10-19-13-8-4-5-9-14(13)20-15)21-17-22-23-18(26-17)25-11-12-6-2-1-3-7-12/h1-10H,11H2,(H,21,22,24). The molecule has 0 bridgehead atoms. The zero-order valence-corrected chi connectivity index (χ0v) is 15.1. The van der Waals surface area contributed by atoms with E-state index in [-0.39, 0.29) is 11.6 Å². The molecule has 26 heavy (non-hydrogen) atoms. The van der Waals surface area contributed by atoms with Crippen molar-refractivity contribution in [3.8, 4) is 0 Å². The predicted molar refractivity (Wildman–Crippen MR) is 103 cm³/mol. The van der Waals surface area contributed by atoms with E-state index in [9.17, 15) is 4.79 Å². The summed E-state index contributed by atoms with van der Waals surface area (Å²) in [5.41, 5.74) is 2.89. The average Bonchev–Trinajstić information content (AvgIpc) is 3.14. The van der Waals surface area contributed by atoms with Gasteiger partial charge in [-0.15, -0.1) is 10.2 Å². The Hall–Kier alpha value is -2.84. The van der Waals surface area contributed by atoms with Crippen LogP contribution in [0.4, 0.5) is 5.13 Å². The van der Waals surface area contributed by atoms with Crippen molar-refractivity contribution in [2.75, 3.05) is 5.32 Å². The van der Waals surface area contributed by atoms with Crippen molar-refractivity contribution < 1.29 is 4.79 Å². The Labute approximate surface area is 157 Å². The van der Waals surface area contributed by atoms with Gasteiger partial charge >= 0.3 is 0 Å². The van der Waals surface area contributed by atoms with E-state index in [1.165, 1.54) is 23.1 Å². The molecule has 8 heteroatoms. The van der Waals surface area contributed by atoms with E-state index in [2.05, 4.69) is 37.6 Å². The van der Waals surface area contributed by atoms with Crippen molar-refractivity contribution in [2.24, 2.45) is 0 Å². The normalized spacial score (nSPS) is 10.8. The molecule has 4 aromatic rings. The smallest absolute Gasteiger partial charge is 0.277 e. The number of para-hydroxylation sites is 2.